The summed E-state index contributed by atoms with van der Waals surface area (Å²) in [6.45, 7) is 6.40. The SMILES string of the molecule is CN1c2ccccc2C(C(=O)Oc2ccc(O[Si](C)(C)C)cc2)c2ccccc21. The highest BCUT2D eigenvalue weighted by atomic mass is 28.4. The predicted octanol–water partition coefficient (Wildman–Crippen LogP) is 5.72. The van der Waals surface area contributed by atoms with Gasteiger partial charge >= 0.3 is 5.97 Å². The number of nitrogens with zero attached hydrogens (tertiary/aromatic N) is 1. The largest absolute Gasteiger partial charge is 0.544 e. The Morgan fingerprint density at radius 2 is 1.28 bits per heavy atom. The van der Waals surface area contributed by atoms with Gasteiger partial charge in [-0.05, 0) is 67.2 Å². The fourth-order valence-electron chi connectivity index (χ4n) is 3.73. The van der Waals surface area contributed by atoms with Gasteiger partial charge in [0, 0.05) is 18.4 Å². The summed E-state index contributed by atoms with van der Waals surface area (Å²) in [4.78, 5) is 15.4. The first-order valence-corrected chi connectivity index (χ1v) is 13.2. The Kier molecular flexibility index (Phi) is 4.92. The van der Waals surface area contributed by atoms with Crippen LogP contribution in [0.5, 0.6) is 11.5 Å². The molecule has 3 aromatic carbocycles. The van der Waals surface area contributed by atoms with E-state index < -0.39 is 14.2 Å². The highest BCUT2D eigenvalue weighted by Gasteiger charge is 2.34. The summed E-state index contributed by atoms with van der Waals surface area (Å²) < 4.78 is 11.8. The maximum Gasteiger partial charge on any atom is 0.323 e. The van der Waals surface area contributed by atoms with Crippen LogP contribution in [-0.2, 0) is 4.79 Å². The van der Waals surface area contributed by atoms with Crippen molar-refractivity contribution in [1.29, 1.82) is 0 Å². The fraction of sp³-hybridized carbons (Fsp3) is 0.208. The number of para-hydroxylation sites is 2. The van der Waals surface area contributed by atoms with Crippen LogP contribution in [0.4, 0.5) is 11.4 Å². The number of hydrogen-bond donors (Lipinski definition) is 0. The van der Waals surface area contributed by atoms with Gasteiger partial charge in [0.1, 0.15) is 17.4 Å². The molecule has 3 aromatic rings. The van der Waals surface area contributed by atoms with Gasteiger partial charge in [-0.2, -0.15) is 0 Å². The van der Waals surface area contributed by atoms with Gasteiger partial charge in [0.15, 0.2) is 0 Å². The normalized spacial score (nSPS) is 13.4. The first-order valence-electron chi connectivity index (χ1n) is 9.76. The van der Waals surface area contributed by atoms with E-state index in [1.165, 1.54) is 0 Å². The zero-order valence-corrected chi connectivity index (χ0v) is 18.2. The Morgan fingerprint density at radius 1 is 0.793 bits per heavy atom. The molecule has 0 atom stereocenters. The minimum atomic E-state index is -1.67. The van der Waals surface area contributed by atoms with Gasteiger partial charge in [-0.15, -0.1) is 0 Å². The number of esters is 1. The van der Waals surface area contributed by atoms with Crippen LogP contribution in [0, 0.1) is 0 Å². The van der Waals surface area contributed by atoms with Crippen LogP contribution >= 0.6 is 0 Å². The molecular weight excluding hydrogens is 378 g/mol. The average Bonchev–Trinajstić information content (AvgIpc) is 2.69. The first-order chi connectivity index (χ1) is 13.8. The number of hydrogen-bond acceptors (Lipinski definition) is 4. The third-order valence-electron chi connectivity index (χ3n) is 4.92. The molecule has 0 unspecified atom stereocenters. The lowest BCUT2D eigenvalue weighted by Crippen LogP contribution is -2.29. The van der Waals surface area contributed by atoms with E-state index in [9.17, 15) is 4.79 Å². The van der Waals surface area contributed by atoms with Crippen molar-refractivity contribution in [2.45, 2.75) is 25.6 Å². The molecule has 0 saturated heterocycles. The summed E-state index contributed by atoms with van der Waals surface area (Å²) in [6.07, 6.45) is 0. The van der Waals surface area contributed by atoms with Gasteiger partial charge in [-0.1, -0.05) is 36.4 Å². The maximum atomic E-state index is 13.2. The van der Waals surface area contributed by atoms with Crippen LogP contribution in [-0.4, -0.2) is 21.3 Å². The van der Waals surface area contributed by atoms with Crippen molar-refractivity contribution >= 4 is 25.7 Å². The third kappa shape index (κ3) is 3.91. The fourth-order valence-corrected chi connectivity index (χ4v) is 4.57. The van der Waals surface area contributed by atoms with Gasteiger partial charge in [0.25, 0.3) is 0 Å². The number of carbonyl (C=O) groups is 1. The number of anilines is 2. The van der Waals surface area contributed by atoms with Crippen LogP contribution in [0.15, 0.2) is 72.8 Å². The van der Waals surface area contributed by atoms with E-state index >= 15 is 0 Å². The first kappa shape index (κ1) is 19.3. The topological polar surface area (TPSA) is 38.8 Å². The molecule has 0 fully saturated rings. The van der Waals surface area contributed by atoms with Crippen molar-refractivity contribution in [2.24, 2.45) is 0 Å². The van der Waals surface area contributed by atoms with E-state index in [-0.39, 0.29) is 5.97 Å². The molecule has 1 aliphatic heterocycles. The van der Waals surface area contributed by atoms with Crippen molar-refractivity contribution in [3.05, 3.63) is 83.9 Å². The summed E-state index contributed by atoms with van der Waals surface area (Å²) in [5, 5.41) is 0. The van der Waals surface area contributed by atoms with Crippen LogP contribution in [0.3, 0.4) is 0 Å². The summed E-state index contributed by atoms with van der Waals surface area (Å²) in [7, 11) is 0.352. The summed E-state index contributed by atoms with van der Waals surface area (Å²) in [6, 6.07) is 23.3. The molecule has 4 rings (SSSR count). The van der Waals surface area contributed by atoms with Crippen molar-refractivity contribution in [3.63, 3.8) is 0 Å². The number of benzene rings is 3. The van der Waals surface area contributed by atoms with E-state index in [2.05, 4.69) is 24.5 Å². The molecule has 0 aliphatic carbocycles. The molecule has 0 aromatic heterocycles. The molecule has 0 bridgehead atoms. The molecule has 0 radical (unpaired) electrons. The van der Waals surface area contributed by atoms with Crippen LogP contribution in [0.2, 0.25) is 19.6 Å². The predicted molar refractivity (Wildman–Crippen MR) is 119 cm³/mol. The van der Waals surface area contributed by atoms with E-state index in [0.717, 1.165) is 28.3 Å². The monoisotopic (exact) mass is 403 g/mol. The zero-order valence-electron chi connectivity index (χ0n) is 17.2. The van der Waals surface area contributed by atoms with Crippen molar-refractivity contribution in [2.75, 3.05) is 11.9 Å². The average molecular weight is 404 g/mol. The second-order valence-electron chi connectivity index (χ2n) is 8.22. The summed E-state index contributed by atoms with van der Waals surface area (Å²) in [5.41, 5.74) is 3.95. The third-order valence-corrected chi connectivity index (χ3v) is 5.77. The Bertz CT molecular complexity index is 993. The zero-order chi connectivity index (χ0) is 20.6. The Labute approximate surface area is 172 Å². The second kappa shape index (κ2) is 7.41. The smallest absolute Gasteiger partial charge is 0.323 e. The number of rotatable bonds is 4. The lowest BCUT2D eigenvalue weighted by atomic mass is 9.85. The van der Waals surface area contributed by atoms with Crippen molar-refractivity contribution in [1.82, 2.24) is 0 Å². The van der Waals surface area contributed by atoms with Crippen LogP contribution in [0.1, 0.15) is 17.0 Å². The van der Waals surface area contributed by atoms with Gasteiger partial charge in [0.05, 0.1) is 0 Å². The summed E-state index contributed by atoms with van der Waals surface area (Å²) in [5.74, 6) is 0.583. The molecule has 1 aliphatic rings. The van der Waals surface area contributed by atoms with E-state index in [1.807, 2.05) is 67.7 Å². The highest BCUT2D eigenvalue weighted by Crippen LogP contribution is 2.45. The standard InChI is InChI=1S/C24H25NO3Si/c1-25-21-11-7-5-9-19(21)23(20-10-6-8-12-22(20)25)24(26)27-17-13-15-18(16-14-17)28-29(2,3)4/h5-16,23H,1-4H3. The van der Waals surface area contributed by atoms with Gasteiger partial charge < -0.3 is 14.1 Å². The lowest BCUT2D eigenvalue weighted by Gasteiger charge is -2.34. The Balaban J connectivity index is 1.63. The highest BCUT2D eigenvalue weighted by molar-refractivity contribution is 6.70. The Morgan fingerprint density at radius 3 is 1.79 bits per heavy atom. The molecule has 0 amide bonds. The molecule has 0 N–H and O–H groups in total. The molecule has 0 saturated carbocycles. The van der Waals surface area contributed by atoms with Crippen molar-refractivity contribution < 1.29 is 14.0 Å². The van der Waals surface area contributed by atoms with Crippen LogP contribution in [0.25, 0.3) is 0 Å². The van der Waals surface area contributed by atoms with Gasteiger partial charge in [-0.3, -0.25) is 4.79 Å². The number of fused-ring (bicyclic) bond motifs is 2. The lowest BCUT2D eigenvalue weighted by molar-refractivity contribution is -0.135. The summed E-state index contributed by atoms with van der Waals surface area (Å²) >= 11 is 0. The molecule has 148 valence electrons. The molecular formula is C24H25NO3Si. The maximum absolute atomic E-state index is 13.2. The van der Waals surface area contributed by atoms with Gasteiger partial charge in [-0.25, -0.2) is 0 Å². The quantitative estimate of drug-likeness (QED) is 0.317. The van der Waals surface area contributed by atoms with E-state index in [4.69, 9.17) is 9.16 Å². The molecule has 4 nitrogen and oxygen atoms in total. The van der Waals surface area contributed by atoms with Crippen molar-refractivity contribution in [3.8, 4) is 11.5 Å². The minimum Gasteiger partial charge on any atom is -0.544 e. The van der Waals surface area contributed by atoms with Gasteiger partial charge in [0.2, 0.25) is 8.32 Å². The Hall–Kier alpha value is -3.05. The second-order valence-corrected chi connectivity index (χ2v) is 12.6. The molecule has 5 heteroatoms. The van der Waals surface area contributed by atoms with E-state index in [1.54, 1.807) is 12.1 Å². The number of carbonyl (C=O) groups excluding carboxylic acids is 1. The van der Waals surface area contributed by atoms with E-state index in [0.29, 0.717) is 5.75 Å². The minimum absolute atomic E-state index is 0.281. The number of ether oxygens (including phenoxy) is 1. The van der Waals surface area contributed by atoms with Crippen LogP contribution < -0.4 is 14.1 Å². The molecule has 0 spiro atoms. The molecule has 29 heavy (non-hydrogen) atoms. The molecule has 1 heterocycles.